The fourth-order valence-corrected chi connectivity index (χ4v) is 3.66. The number of ether oxygens (including phenoxy) is 1. The minimum Gasteiger partial charge on any atom is -0.457 e. The van der Waals surface area contributed by atoms with Gasteiger partial charge in [0.1, 0.15) is 6.10 Å². The highest BCUT2D eigenvalue weighted by Gasteiger charge is 2.76. The van der Waals surface area contributed by atoms with Gasteiger partial charge in [0.2, 0.25) is 5.83 Å². The third-order valence-electron chi connectivity index (χ3n) is 4.67. The fourth-order valence-electron chi connectivity index (χ4n) is 3.66. The number of carbonyl (C=O) groups is 1. The van der Waals surface area contributed by atoms with Gasteiger partial charge in [0.15, 0.2) is 0 Å². The van der Waals surface area contributed by atoms with Gasteiger partial charge in [-0.3, -0.25) is 0 Å². The number of hydrogen-bond acceptors (Lipinski definition) is 3. The van der Waals surface area contributed by atoms with Crippen LogP contribution in [0, 0.1) is 17.8 Å². The van der Waals surface area contributed by atoms with Crippen LogP contribution in [0.5, 0.6) is 0 Å². The van der Waals surface area contributed by atoms with Crippen molar-refractivity contribution in [3.05, 3.63) is 12.4 Å². The van der Waals surface area contributed by atoms with Crippen molar-refractivity contribution in [1.82, 2.24) is 0 Å². The lowest BCUT2D eigenvalue weighted by molar-refractivity contribution is -0.389. The topological polar surface area (TPSA) is 46.5 Å². The van der Waals surface area contributed by atoms with E-state index in [9.17, 15) is 40.6 Å². The summed E-state index contributed by atoms with van der Waals surface area (Å²) in [4.78, 5) is 11.1. The Morgan fingerprint density at radius 1 is 1.00 bits per heavy atom. The van der Waals surface area contributed by atoms with Crippen molar-refractivity contribution in [2.24, 2.45) is 17.8 Å². The van der Waals surface area contributed by atoms with Crippen molar-refractivity contribution in [3.8, 4) is 0 Å². The zero-order valence-corrected chi connectivity index (χ0v) is 11.5. The van der Waals surface area contributed by atoms with Gasteiger partial charge in [0.25, 0.3) is 5.60 Å². The first kappa shape index (κ1) is 18.0. The van der Waals surface area contributed by atoms with Crippen LogP contribution >= 0.6 is 0 Å². The highest BCUT2D eigenvalue weighted by Crippen LogP contribution is 2.60. The molecule has 0 heterocycles. The Kier molecular flexibility index (Phi) is 4.20. The molecular formula is C13H13F7O3. The van der Waals surface area contributed by atoms with E-state index >= 15 is 0 Å². The largest absolute Gasteiger partial charge is 0.457 e. The number of carbonyl (C=O) groups excluding carboxylic acids is 1. The predicted molar refractivity (Wildman–Crippen MR) is 61.5 cm³/mol. The number of halogens is 7. The van der Waals surface area contributed by atoms with Gasteiger partial charge in [-0.15, -0.1) is 0 Å². The van der Waals surface area contributed by atoms with Crippen LogP contribution in [0.3, 0.4) is 0 Å². The summed E-state index contributed by atoms with van der Waals surface area (Å²) in [5, 5.41) is 9.43. The average Bonchev–Trinajstić information content (AvgIpc) is 2.94. The maximum absolute atomic E-state index is 12.9. The Morgan fingerprint density at radius 3 is 1.87 bits per heavy atom. The number of aliphatic hydroxyl groups is 1. The van der Waals surface area contributed by atoms with E-state index in [4.69, 9.17) is 0 Å². The van der Waals surface area contributed by atoms with Crippen LogP contribution in [0.4, 0.5) is 30.7 Å². The monoisotopic (exact) mass is 350 g/mol. The molecular weight excluding hydrogens is 337 g/mol. The zero-order chi connectivity index (χ0) is 17.8. The maximum Gasteiger partial charge on any atom is 0.426 e. The van der Waals surface area contributed by atoms with Gasteiger partial charge in [-0.1, -0.05) is 6.58 Å². The molecule has 0 saturated heterocycles. The van der Waals surface area contributed by atoms with Gasteiger partial charge < -0.3 is 9.84 Å². The molecule has 23 heavy (non-hydrogen) atoms. The molecule has 2 aliphatic carbocycles. The van der Waals surface area contributed by atoms with Crippen LogP contribution in [0.15, 0.2) is 12.4 Å². The Balaban J connectivity index is 2.18. The first-order valence-electron chi connectivity index (χ1n) is 6.70. The van der Waals surface area contributed by atoms with E-state index < -0.39 is 60.0 Å². The lowest BCUT2D eigenvalue weighted by Gasteiger charge is -2.41. The normalized spacial score (nSPS) is 31.3. The molecule has 4 atom stereocenters. The van der Waals surface area contributed by atoms with Crippen molar-refractivity contribution in [1.29, 1.82) is 0 Å². The first-order chi connectivity index (χ1) is 10.3. The highest BCUT2D eigenvalue weighted by molar-refractivity contribution is 5.85. The van der Waals surface area contributed by atoms with Crippen molar-refractivity contribution in [3.63, 3.8) is 0 Å². The summed E-state index contributed by atoms with van der Waals surface area (Å²) in [6.07, 6.45) is -13.7. The molecule has 0 amide bonds. The second kappa shape index (κ2) is 5.35. The average molecular weight is 350 g/mol. The summed E-state index contributed by atoms with van der Waals surface area (Å²) >= 11 is 0. The van der Waals surface area contributed by atoms with Gasteiger partial charge in [-0.05, 0) is 31.1 Å². The van der Waals surface area contributed by atoms with Gasteiger partial charge in [-0.25, -0.2) is 4.79 Å². The molecule has 4 unspecified atom stereocenters. The lowest BCUT2D eigenvalue weighted by Crippen LogP contribution is -2.63. The van der Waals surface area contributed by atoms with E-state index in [2.05, 4.69) is 11.3 Å². The fraction of sp³-hybridized carbons (Fsp3) is 0.769. The molecule has 3 nitrogen and oxygen atoms in total. The van der Waals surface area contributed by atoms with E-state index in [1.807, 2.05) is 0 Å². The Labute approximate surface area is 126 Å². The molecule has 2 saturated carbocycles. The Bertz CT molecular complexity index is 497. The molecule has 10 heteroatoms. The van der Waals surface area contributed by atoms with Crippen LogP contribution in [0.1, 0.15) is 19.3 Å². The second-order valence-electron chi connectivity index (χ2n) is 5.94. The molecule has 0 radical (unpaired) electrons. The Morgan fingerprint density at radius 2 is 1.52 bits per heavy atom. The van der Waals surface area contributed by atoms with Crippen molar-refractivity contribution in [2.45, 2.75) is 43.3 Å². The zero-order valence-electron chi connectivity index (χ0n) is 11.5. The van der Waals surface area contributed by atoms with Gasteiger partial charge in [0, 0.05) is 5.92 Å². The quantitative estimate of drug-likeness (QED) is 0.483. The minimum absolute atomic E-state index is 0.0597. The van der Waals surface area contributed by atoms with Crippen molar-refractivity contribution in [2.75, 3.05) is 0 Å². The molecule has 132 valence electrons. The van der Waals surface area contributed by atoms with Gasteiger partial charge in [-0.2, -0.15) is 30.7 Å². The molecule has 2 aliphatic rings. The maximum atomic E-state index is 12.9. The van der Waals surface area contributed by atoms with E-state index in [0.29, 0.717) is 0 Å². The third kappa shape index (κ3) is 2.81. The van der Waals surface area contributed by atoms with Crippen LogP contribution in [-0.2, 0) is 9.53 Å². The molecule has 0 aromatic heterocycles. The summed E-state index contributed by atoms with van der Waals surface area (Å²) in [6, 6.07) is 0. The molecule has 2 bridgehead atoms. The van der Waals surface area contributed by atoms with Gasteiger partial charge in [0.05, 0.1) is 0 Å². The number of fused-ring (bicyclic) bond motifs is 2. The summed E-state index contributed by atoms with van der Waals surface area (Å²) in [5.74, 6) is -6.77. The van der Waals surface area contributed by atoms with Crippen LogP contribution in [0.25, 0.3) is 0 Å². The Hall–Kier alpha value is -1.32. The van der Waals surface area contributed by atoms with Crippen molar-refractivity contribution >= 4 is 5.97 Å². The standard InChI is InChI=1S/C13H13F7O3/c1-5(14)10(21)23-9-4-6-2-7(9)3-8(6)11(22,12(15,16)17)13(18,19)20/h6-9,22H,1-4H2. The van der Waals surface area contributed by atoms with Crippen LogP contribution in [0.2, 0.25) is 0 Å². The second-order valence-corrected chi connectivity index (χ2v) is 5.94. The molecule has 0 aliphatic heterocycles. The number of alkyl halides is 6. The van der Waals surface area contributed by atoms with E-state index in [0.717, 1.165) is 0 Å². The molecule has 0 aromatic carbocycles. The SMILES string of the molecule is C=C(F)C(=O)OC1CC2CC1CC2C(O)(C(F)(F)F)C(F)(F)F. The summed E-state index contributed by atoms with van der Waals surface area (Å²) in [5.41, 5.74) is -4.81. The third-order valence-corrected chi connectivity index (χ3v) is 4.67. The number of esters is 1. The van der Waals surface area contributed by atoms with E-state index in [-0.39, 0.29) is 12.8 Å². The molecule has 1 N–H and O–H groups in total. The highest BCUT2D eigenvalue weighted by atomic mass is 19.4. The lowest BCUT2D eigenvalue weighted by atomic mass is 9.74. The van der Waals surface area contributed by atoms with Crippen LogP contribution < -0.4 is 0 Å². The van der Waals surface area contributed by atoms with Crippen LogP contribution in [-0.4, -0.2) is 35.1 Å². The predicted octanol–water partition coefficient (Wildman–Crippen LogP) is 3.28. The molecule has 2 rings (SSSR count). The number of hydrogen-bond donors (Lipinski definition) is 1. The molecule has 0 aromatic rings. The summed E-state index contributed by atoms with van der Waals surface area (Å²) < 4.78 is 94.5. The molecule has 2 fully saturated rings. The first-order valence-corrected chi connectivity index (χ1v) is 6.70. The number of rotatable bonds is 3. The summed E-state index contributed by atoms with van der Waals surface area (Å²) in [7, 11) is 0. The minimum atomic E-state index is -5.88. The molecule has 0 spiro atoms. The van der Waals surface area contributed by atoms with Gasteiger partial charge >= 0.3 is 18.3 Å². The smallest absolute Gasteiger partial charge is 0.426 e. The van der Waals surface area contributed by atoms with E-state index in [1.54, 1.807) is 0 Å². The van der Waals surface area contributed by atoms with Crippen molar-refractivity contribution < 1.29 is 45.4 Å². The van der Waals surface area contributed by atoms with E-state index in [1.165, 1.54) is 0 Å². The summed E-state index contributed by atoms with van der Waals surface area (Å²) in [6.45, 7) is 2.70.